The van der Waals surface area contributed by atoms with Crippen LogP contribution in [0.1, 0.15) is 16.7 Å². The summed E-state index contributed by atoms with van der Waals surface area (Å²) in [5.41, 5.74) is 3.02. The van der Waals surface area contributed by atoms with Gasteiger partial charge in [0.05, 0.1) is 18.6 Å². The first-order chi connectivity index (χ1) is 17.7. The Balaban J connectivity index is 1.41. The fraction of sp³-hybridized carbons (Fsp3) is 0.148. The van der Waals surface area contributed by atoms with Crippen molar-refractivity contribution in [1.29, 1.82) is 0 Å². The number of benzene rings is 3. The Kier molecular flexibility index (Phi) is 8.78. The highest BCUT2D eigenvalue weighted by molar-refractivity contribution is 14.1. The molecule has 3 aromatic rings. The number of methoxy groups -OCH3 is 1. The molecule has 0 atom stereocenters. The predicted molar refractivity (Wildman–Crippen MR) is 154 cm³/mol. The number of anilines is 1. The van der Waals surface area contributed by atoms with Crippen molar-refractivity contribution in [2.24, 2.45) is 0 Å². The van der Waals surface area contributed by atoms with Gasteiger partial charge in [-0.25, -0.2) is 0 Å². The third-order valence-corrected chi connectivity index (χ3v) is 7.46. The van der Waals surface area contributed by atoms with Gasteiger partial charge in [-0.2, -0.15) is 0 Å². The summed E-state index contributed by atoms with van der Waals surface area (Å²) < 4.78 is 12.1. The summed E-state index contributed by atoms with van der Waals surface area (Å²) in [5.74, 6) is 0.0511. The third-order valence-electron chi connectivity index (χ3n) is 5.43. The van der Waals surface area contributed by atoms with Crippen molar-refractivity contribution >= 4 is 74.8 Å². The van der Waals surface area contributed by atoms with E-state index >= 15 is 0 Å². The Morgan fingerprint density at radius 1 is 1.08 bits per heavy atom. The van der Waals surface area contributed by atoms with Crippen LogP contribution < -0.4 is 14.8 Å². The molecule has 0 spiro atoms. The molecule has 4 rings (SSSR count). The van der Waals surface area contributed by atoms with Crippen LogP contribution in [-0.2, 0) is 16.1 Å². The first kappa shape index (κ1) is 27.0. The number of carbonyl (C=O) groups is 3. The van der Waals surface area contributed by atoms with E-state index in [0.717, 1.165) is 26.5 Å². The third kappa shape index (κ3) is 6.85. The number of hydrogen-bond donors (Lipinski definition) is 1. The molecule has 0 radical (unpaired) electrons. The van der Waals surface area contributed by atoms with Crippen molar-refractivity contribution in [3.63, 3.8) is 0 Å². The van der Waals surface area contributed by atoms with Crippen LogP contribution in [0, 0.1) is 10.5 Å². The number of aryl methyl sites for hydroxylation is 1. The Hall–Kier alpha value is -3.02. The van der Waals surface area contributed by atoms with Crippen LogP contribution in [0.25, 0.3) is 6.08 Å². The van der Waals surface area contributed by atoms with Gasteiger partial charge in [-0.05, 0) is 100 Å². The van der Waals surface area contributed by atoms with Gasteiger partial charge < -0.3 is 14.8 Å². The van der Waals surface area contributed by atoms with Gasteiger partial charge in [-0.3, -0.25) is 19.3 Å². The van der Waals surface area contributed by atoms with Crippen LogP contribution in [0.4, 0.5) is 10.5 Å². The van der Waals surface area contributed by atoms with E-state index in [1.54, 1.807) is 36.4 Å². The summed E-state index contributed by atoms with van der Waals surface area (Å²) in [6.07, 6.45) is 1.64. The number of carbonyl (C=O) groups excluding carboxylic acids is 3. The second-order valence-corrected chi connectivity index (χ2v) is 10.8. The van der Waals surface area contributed by atoms with Crippen molar-refractivity contribution in [3.8, 4) is 11.5 Å². The summed E-state index contributed by atoms with van der Waals surface area (Å²) in [5, 5.41) is 2.98. The van der Waals surface area contributed by atoms with E-state index in [1.165, 1.54) is 12.0 Å². The molecule has 7 nitrogen and oxygen atoms in total. The van der Waals surface area contributed by atoms with Crippen LogP contribution in [0.15, 0.2) is 65.6 Å². The predicted octanol–water partition coefficient (Wildman–Crippen LogP) is 6.52. The molecule has 1 heterocycles. The van der Waals surface area contributed by atoms with E-state index in [4.69, 9.17) is 21.1 Å². The molecule has 190 valence electrons. The zero-order valence-corrected chi connectivity index (χ0v) is 23.6. The smallest absolute Gasteiger partial charge is 0.293 e. The lowest BCUT2D eigenvalue weighted by atomic mass is 10.1. The molecule has 0 aromatic heterocycles. The van der Waals surface area contributed by atoms with Crippen LogP contribution in [0.3, 0.4) is 0 Å². The van der Waals surface area contributed by atoms with Crippen LogP contribution in [0.2, 0.25) is 5.02 Å². The Morgan fingerprint density at radius 2 is 1.84 bits per heavy atom. The van der Waals surface area contributed by atoms with Crippen molar-refractivity contribution in [2.45, 2.75) is 13.5 Å². The van der Waals surface area contributed by atoms with Gasteiger partial charge >= 0.3 is 0 Å². The highest BCUT2D eigenvalue weighted by atomic mass is 127. The van der Waals surface area contributed by atoms with Crippen LogP contribution in [0.5, 0.6) is 11.5 Å². The molecule has 1 saturated heterocycles. The summed E-state index contributed by atoms with van der Waals surface area (Å²) >= 11 is 9.20. The minimum Gasteiger partial charge on any atom is -0.493 e. The minimum absolute atomic E-state index is 0.214. The molecule has 1 aliphatic heterocycles. The number of thioether (sulfide) groups is 1. The second-order valence-electron chi connectivity index (χ2n) is 8.11. The molecular weight excluding hydrogens is 627 g/mol. The average molecular weight is 649 g/mol. The summed E-state index contributed by atoms with van der Waals surface area (Å²) in [7, 11) is 1.48. The number of rotatable bonds is 8. The van der Waals surface area contributed by atoms with E-state index < -0.39 is 0 Å². The number of nitrogens with one attached hydrogen (secondary N) is 1. The highest BCUT2D eigenvalue weighted by Crippen LogP contribution is 2.35. The SMILES string of the molecule is COc1cc(/C=C2\SC(=O)N(Cc3ccc(I)cc3)C2=O)ccc1OCC(=O)Nc1ccc(C)c(Cl)c1. The Bertz CT molecular complexity index is 1390. The fourth-order valence-corrected chi connectivity index (χ4v) is 4.84. The molecule has 0 bridgehead atoms. The molecule has 3 aromatic carbocycles. The largest absolute Gasteiger partial charge is 0.493 e. The first-order valence-electron chi connectivity index (χ1n) is 11.1. The topological polar surface area (TPSA) is 84.9 Å². The summed E-state index contributed by atoms with van der Waals surface area (Å²) in [6.45, 7) is 1.85. The number of hydrogen-bond acceptors (Lipinski definition) is 6. The molecular formula is C27H22ClIN2O5S. The van der Waals surface area contributed by atoms with Gasteiger partial charge in [0.15, 0.2) is 18.1 Å². The highest BCUT2D eigenvalue weighted by Gasteiger charge is 2.35. The number of nitrogens with zero attached hydrogens (tertiary/aromatic N) is 1. The Labute approximate surface area is 237 Å². The fourth-order valence-electron chi connectivity index (χ4n) is 3.46. The molecule has 0 saturated carbocycles. The minimum atomic E-state index is -0.354. The van der Waals surface area contributed by atoms with Crippen molar-refractivity contribution in [1.82, 2.24) is 4.90 Å². The maximum absolute atomic E-state index is 12.9. The number of amides is 3. The van der Waals surface area contributed by atoms with Crippen molar-refractivity contribution < 1.29 is 23.9 Å². The number of imide groups is 1. The summed E-state index contributed by atoms with van der Waals surface area (Å²) in [4.78, 5) is 39.2. The Morgan fingerprint density at radius 3 is 2.54 bits per heavy atom. The molecule has 1 fully saturated rings. The van der Waals surface area contributed by atoms with Gasteiger partial charge in [0, 0.05) is 14.3 Å². The van der Waals surface area contributed by atoms with E-state index in [1.807, 2.05) is 37.3 Å². The van der Waals surface area contributed by atoms with Crippen LogP contribution >= 0.6 is 46.0 Å². The van der Waals surface area contributed by atoms with Gasteiger partial charge in [0.2, 0.25) is 0 Å². The summed E-state index contributed by atoms with van der Waals surface area (Å²) in [6, 6.07) is 18.0. The van der Waals surface area contributed by atoms with Crippen LogP contribution in [-0.4, -0.2) is 35.7 Å². The maximum atomic E-state index is 12.9. The molecule has 1 aliphatic rings. The van der Waals surface area contributed by atoms with E-state index in [-0.39, 0.29) is 30.2 Å². The lowest BCUT2D eigenvalue weighted by molar-refractivity contribution is -0.123. The lowest BCUT2D eigenvalue weighted by Gasteiger charge is -2.13. The second kappa shape index (κ2) is 12.0. The van der Waals surface area contributed by atoms with E-state index in [9.17, 15) is 14.4 Å². The van der Waals surface area contributed by atoms with E-state index in [0.29, 0.717) is 32.7 Å². The molecule has 0 aliphatic carbocycles. The average Bonchev–Trinajstić information content (AvgIpc) is 3.13. The molecule has 10 heteroatoms. The van der Waals surface area contributed by atoms with Gasteiger partial charge in [-0.1, -0.05) is 35.9 Å². The standard InChI is InChI=1S/C27H22ClIN2O5S/c1-16-3-9-20(13-21(16)28)30-25(32)15-36-22-10-6-18(11-23(22)35-2)12-24-26(33)31(27(34)37-24)14-17-4-7-19(29)8-5-17/h3-13H,14-15H2,1-2H3,(H,30,32)/b24-12-. The van der Waals surface area contributed by atoms with Gasteiger partial charge in [-0.15, -0.1) is 0 Å². The monoisotopic (exact) mass is 648 g/mol. The van der Waals surface area contributed by atoms with Gasteiger partial charge in [0.1, 0.15) is 0 Å². The zero-order chi connectivity index (χ0) is 26.5. The maximum Gasteiger partial charge on any atom is 0.293 e. The molecule has 0 unspecified atom stereocenters. The first-order valence-corrected chi connectivity index (χ1v) is 13.4. The number of ether oxygens (including phenoxy) is 2. The zero-order valence-electron chi connectivity index (χ0n) is 19.9. The quantitative estimate of drug-likeness (QED) is 0.221. The normalized spacial score (nSPS) is 14.3. The molecule has 3 amide bonds. The lowest BCUT2D eigenvalue weighted by Crippen LogP contribution is -2.27. The van der Waals surface area contributed by atoms with Crippen molar-refractivity contribution in [3.05, 3.63) is 90.9 Å². The number of halogens is 2. The van der Waals surface area contributed by atoms with Gasteiger partial charge in [0.25, 0.3) is 17.1 Å². The molecule has 1 N–H and O–H groups in total. The molecule has 37 heavy (non-hydrogen) atoms. The van der Waals surface area contributed by atoms with E-state index in [2.05, 4.69) is 27.9 Å². The van der Waals surface area contributed by atoms with Crippen molar-refractivity contribution in [2.75, 3.05) is 19.0 Å².